The average Bonchev–Trinajstić information content (AvgIpc) is 2.77. The Balaban J connectivity index is 1.28. The van der Waals surface area contributed by atoms with Crippen molar-refractivity contribution in [3.63, 3.8) is 0 Å². The Morgan fingerprint density at radius 3 is 2.53 bits per heavy atom. The molecule has 30 heavy (non-hydrogen) atoms. The number of hydrogen-bond donors (Lipinski definition) is 2. The number of anilines is 1. The molecule has 166 valence electrons. The van der Waals surface area contributed by atoms with Gasteiger partial charge in [-0.1, -0.05) is 18.9 Å². The molecule has 1 aromatic heterocycles. The molecule has 0 bridgehead atoms. The molecular weight excluding hydrogens is 376 g/mol. The highest BCUT2D eigenvalue weighted by Gasteiger charge is 2.16. The largest absolute Gasteiger partial charge is 0.497 e. The Hall–Kier alpha value is -1.89. The molecule has 0 saturated carbocycles. The van der Waals surface area contributed by atoms with Crippen LogP contribution in [0.3, 0.4) is 0 Å². The zero-order valence-electron chi connectivity index (χ0n) is 18.6. The van der Waals surface area contributed by atoms with Crippen molar-refractivity contribution in [2.75, 3.05) is 58.2 Å². The van der Waals surface area contributed by atoms with E-state index in [2.05, 4.69) is 26.2 Å². The van der Waals surface area contributed by atoms with E-state index in [0.717, 1.165) is 68.0 Å². The Kier molecular flexibility index (Phi) is 9.18. The molecule has 2 aromatic rings. The number of unbranched alkanes of at least 4 members (excludes halogenated alkanes) is 3. The van der Waals surface area contributed by atoms with Gasteiger partial charge in [-0.2, -0.15) is 0 Å². The van der Waals surface area contributed by atoms with Gasteiger partial charge in [-0.3, -0.25) is 4.98 Å². The molecule has 0 unspecified atom stereocenters. The van der Waals surface area contributed by atoms with Crippen LogP contribution in [0.1, 0.15) is 39.0 Å². The number of ether oxygens (including phenoxy) is 1. The normalized spacial score (nSPS) is 16.6. The fraction of sp³-hybridized carbons (Fsp3) is 0.625. The smallest absolute Gasteiger partial charge is 0.121 e. The predicted molar refractivity (Wildman–Crippen MR) is 124 cm³/mol. The molecule has 1 aliphatic rings. The number of benzene rings is 1. The summed E-state index contributed by atoms with van der Waals surface area (Å²) < 4.78 is 5.42. The number of pyridine rings is 1. The van der Waals surface area contributed by atoms with E-state index < -0.39 is 0 Å². The molecule has 1 aliphatic heterocycles. The quantitative estimate of drug-likeness (QED) is 0.518. The van der Waals surface area contributed by atoms with Crippen LogP contribution in [0.15, 0.2) is 30.5 Å². The number of fused-ring (bicyclic) bond motifs is 1. The standard InChI is InChI=1S/C24H38N4O2/c1-20(29)9-13-28-16-14-27(15-17-28)12-6-4-3-5-10-25-23-19-22(30-2)18-21-8-7-11-26-24(21)23/h7-8,11,18-20,25,29H,3-6,9-10,12-17H2,1-2H3/t20-/m1/s1. The van der Waals surface area contributed by atoms with Crippen LogP contribution in [-0.2, 0) is 0 Å². The molecule has 3 rings (SSSR count). The maximum atomic E-state index is 9.42. The summed E-state index contributed by atoms with van der Waals surface area (Å²) in [5, 5.41) is 14.1. The lowest BCUT2D eigenvalue weighted by Crippen LogP contribution is -2.47. The van der Waals surface area contributed by atoms with Gasteiger partial charge in [0.2, 0.25) is 0 Å². The number of aliphatic hydroxyl groups is 1. The maximum Gasteiger partial charge on any atom is 0.121 e. The first-order valence-electron chi connectivity index (χ1n) is 11.4. The fourth-order valence-electron chi connectivity index (χ4n) is 4.06. The van der Waals surface area contributed by atoms with Gasteiger partial charge < -0.3 is 25.0 Å². The molecule has 0 spiro atoms. The number of nitrogens with one attached hydrogen (secondary N) is 1. The second kappa shape index (κ2) is 12.1. The Bertz CT molecular complexity index is 760. The summed E-state index contributed by atoms with van der Waals surface area (Å²) in [6.07, 6.45) is 7.51. The first-order valence-corrected chi connectivity index (χ1v) is 11.4. The molecular formula is C24H38N4O2. The number of aromatic nitrogens is 1. The molecule has 1 fully saturated rings. The molecule has 6 nitrogen and oxygen atoms in total. The van der Waals surface area contributed by atoms with Crippen LogP contribution in [-0.4, -0.2) is 78.9 Å². The van der Waals surface area contributed by atoms with Gasteiger partial charge in [-0.05, 0) is 44.9 Å². The van der Waals surface area contributed by atoms with Gasteiger partial charge in [0.15, 0.2) is 0 Å². The van der Waals surface area contributed by atoms with E-state index in [0.29, 0.717) is 0 Å². The minimum Gasteiger partial charge on any atom is -0.497 e. The monoisotopic (exact) mass is 414 g/mol. The number of methoxy groups -OCH3 is 1. The first kappa shape index (κ1) is 22.8. The molecule has 6 heteroatoms. The van der Waals surface area contributed by atoms with E-state index in [4.69, 9.17) is 4.74 Å². The Morgan fingerprint density at radius 2 is 1.80 bits per heavy atom. The molecule has 2 heterocycles. The molecule has 1 saturated heterocycles. The average molecular weight is 415 g/mol. The third kappa shape index (κ3) is 7.11. The van der Waals surface area contributed by atoms with Crippen LogP contribution in [0.2, 0.25) is 0 Å². The van der Waals surface area contributed by atoms with Crippen molar-refractivity contribution >= 4 is 16.6 Å². The molecule has 0 amide bonds. The molecule has 1 atom stereocenters. The minimum absolute atomic E-state index is 0.184. The van der Waals surface area contributed by atoms with E-state index in [1.54, 1.807) is 7.11 Å². The van der Waals surface area contributed by atoms with Crippen molar-refractivity contribution in [3.05, 3.63) is 30.5 Å². The van der Waals surface area contributed by atoms with Crippen molar-refractivity contribution in [2.45, 2.75) is 45.1 Å². The number of piperazine rings is 1. The van der Waals surface area contributed by atoms with Gasteiger partial charge in [-0.15, -0.1) is 0 Å². The minimum atomic E-state index is -0.184. The molecule has 0 radical (unpaired) electrons. The SMILES string of the molecule is COc1cc(NCCCCCCN2CCN(CC[C@@H](C)O)CC2)c2ncccc2c1. The summed E-state index contributed by atoms with van der Waals surface area (Å²) in [7, 11) is 1.71. The number of nitrogens with zero attached hydrogens (tertiary/aromatic N) is 3. The van der Waals surface area contributed by atoms with E-state index >= 15 is 0 Å². The van der Waals surface area contributed by atoms with Gasteiger partial charge >= 0.3 is 0 Å². The lowest BCUT2D eigenvalue weighted by atomic mass is 10.1. The summed E-state index contributed by atoms with van der Waals surface area (Å²) in [5.41, 5.74) is 2.06. The molecule has 2 N–H and O–H groups in total. The number of aliphatic hydroxyl groups excluding tert-OH is 1. The van der Waals surface area contributed by atoms with Gasteiger partial charge in [0.05, 0.1) is 24.4 Å². The Labute approximate surface area is 181 Å². The summed E-state index contributed by atoms with van der Waals surface area (Å²) in [6.45, 7) is 9.67. The highest BCUT2D eigenvalue weighted by atomic mass is 16.5. The van der Waals surface area contributed by atoms with E-state index in [1.807, 2.05) is 31.3 Å². The summed E-state index contributed by atoms with van der Waals surface area (Å²) in [4.78, 5) is 9.59. The summed E-state index contributed by atoms with van der Waals surface area (Å²) in [5.74, 6) is 0.865. The van der Waals surface area contributed by atoms with Gasteiger partial charge in [-0.25, -0.2) is 0 Å². The molecule has 1 aromatic carbocycles. The Morgan fingerprint density at radius 1 is 1.07 bits per heavy atom. The second-order valence-corrected chi connectivity index (χ2v) is 8.41. The third-order valence-corrected chi connectivity index (χ3v) is 5.96. The lowest BCUT2D eigenvalue weighted by Gasteiger charge is -2.34. The summed E-state index contributed by atoms with van der Waals surface area (Å²) in [6, 6.07) is 8.10. The van der Waals surface area contributed by atoms with Crippen molar-refractivity contribution in [3.8, 4) is 5.75 Å². The van der Waals surface area contributed by atoms with Crippen LogP contribution in [0.25, 0.3) is 10.9 Å². The topological polar surface area (TPSA) is 60.9 Å². The van der Waals surface area contributed by atoms with E-state index in [9.17, 15) is 5.11 Å². The second-order valence-electron chi connectivity index (χ2n) is 8.41. The highest BCUT2D eigenvalue weighted by Crippen LogP contribution is 2.27. The van der Waals surface area contributed by atoms with Gasteiger partial charge in [0.25, 0.3) is 0 Å². The van der Waals surface area contributed by atoms with Gasteiger partial charge in [0.1, 0.15) is 5.75 Å². The lowest BCUT2D eigenvalue weighted by molar-refractivity contribution is 0.107. The predicted octanol–water partition coefficient (Wildman–Crippen LogP) is 3.60. The van der Waals surface area contributed by atoms with Crippen LogP contribution in [0.4, 0.5) is 5.69 Å². The fourth-order valence-corrected chi connectivity index (χ4v) is 4.06. The summed E-state index contributed by atoms with van der Waals surface area (Å²) >= 11 is 0. The van der Waals surface area contributed by atoms with Crippen molar-refractivity contribution in [2.24, 2.45) is 0 Å². The van der Waals surface area contributed by atoms with Gasteiger partial charge in [0, 0.05) is 56.9 Å². The number of rotatable bonds is 12. The van der Waals surface area contributed by atoms with Crippen molar-refractivity contribution in [1.82, 2.24) is 14.8 Å². The molecule has 0 aliphatic carbocycles. The van der Waals surface area contributed by atoms with Crippen molar-refractivity contribution < 1.29 is 9.84 Å². The van der Waals surface area contributed by atoms with E-state index in [1.165, 1.54) is 32.2 Å². The van der Waals surface area contributed by atoms with Crippen LogP contribution < -0.4 is 10.1 Å². The maximum absolute atomic E-state index is 9.42. The van der Waals surface area contributed by atoms with Crippen LogP contribution in [0, 0.1) is 0 Å². The zero-order valence-corrected chi connectivity index (χ0v) is 18.6. The van der Waals surface area contributed by atoms with Crippen LogP contribution in [0.5, 0.6) is 5.75 Å². The third-order valence-electron chi connectivity index (χ3n) is 5.96. The van der Waals surface area contributed by atoms with E-state index in [-0.39, 0.29) is 6.10 Å². The van der Waals surface area contributed by atoms with Crippen LogP contribution >= 0.6 is 0 Å². The highest BCUT2D eigenvalue weighted by molar-refractivity contribution is 5.91. The first-order chi connectivity index (χ1) is 14.7. The van der Waals surface area contributed by atoms with Crippen molar-refractivity contribution in [1.29, 1.82) is 0 Å². The number of hydrogen-bond acceptors (Lipinski definition) is 6. The zero-order chi connectivity index (χ0) is 21.2.